The van der Waals surface area contributed by atoms with Crippen molar-refractivity contribution in [3.8, 4) is 0 Å². The van der Waals surface area contributed by atoms with Crippen molar-refractivity contribution < 1.29 is 9.59 Å². The van der Waals surface area contributed by atoms with E-state index in [1.807, 2.05) is 16.7 Å². The van der Waals surface area contributed by atoms with Crippen molar-refractivity contribution in [1.82, 2.24) is 9.80 Å². The van der Waals surface area contributed by atoms with Crippen LogP contribution in [0.1, 0.15) is 19.8 Å². The molecule has 4 nitrogen and oxygen atoms in total. The molecule has 1 saturated carbocycles. The van der Waals surface area contributed by atoms with Crippen LogP contribution in [0.2, 0.25) is 0 Å². The van der Waals surface area contributed by atoms with E-state index < -0.39 is 0 Å². The van der Waals surface area contributed by atoms with Gasteiger partial charge in [0, 0.05) is 43.9 Å². The van der Waals surface area contributed by atoms with E-state index >= 15 is 0 Å². The summed E-state index contributed by atoms with van der Waals surface area (Å²) in [5.74, 6) is 0.905. The van der Waals surface area contributed by atoms with Gasteiger partial charge < -0.3 is 9.80 Å². The lowest BCUT2D eigenvalue weighted by Gasteiger charge is -2.35. The van der Waals surface area contributed by atoms with E-state index in [-0.39, 0.29) is 23.7 Å². The normalized spacial score (nSPS) is 22.5. The molecule has 1 heterocycles. The fraction of sp³-hybridized carbons (Fsp3) is 0.833. The summed E-state index contributed by atoms with van der Waals surface area (Å²) in [4.78, 5) is 27.4. The van der Waals surface area contributed by atoms with Crippen molar-refractivity contribution >= 4 is 23.4 Å². The molecule has 0 N–H and O–H groups in total. The first-order valence-electron chi connectivity index (χ1n) is 6.27. The second-order valence-corrected chi connectivity index (χ2v) is 5.29. The van der Waals surface area contributed by atoms with Crippen LogP contribution in [0.4, 0.5) is 0 Å². The summed E-state index contributed by atoms with van der Waals surface area (Å²) >= 11 is 5.68. The number of hydrogen-bond donors (Lipinski definition) is 0. The van der Waals surface area contributed by atoms with Crippen LogP contribution in [-0.4, -0.2) is 53.7 Å². The Hall–Kier alpha value is -0.770. The Balaban J connectivity index is 1.81. The first-order chi connectivity index (χ1) is 8.13. The van der Waals surface area contributed by atoms with Crippen molar-refractivity contribution in [2.45, 2.75) is 19.8 Å². The summed E-state index contributed by atoms with van der Waals surface area (Å²) in [7, 11) is 0. The average Bonchev–Trinajstić information content (AvgIpc) is 3.20. The van der Waals surface area contributed by atoms with Crippen molar-refractivity contribution in [3.05, 3.63) is 0 Å². The van der Waals surface area contributed by atoms with Gasteiger partial charge in [0.2, 0.25) is 11.8 Å². The van der Waals surface area contributed by atoms with Crippen LogP contribution >= 0.6 is 11.6 Å². The van der Waals surface area contributed by atoms with Gasteiger partial charge in [0.25, 0.3) is 0 Å². The van der Waals surface area contributed by atoms with E-state index in [2.05, 4.69) is 0 Å². The molecule has 0 spiro atoms. The quantitative estimate of drug-likeness (QED) is 0.707. The number of carbonyl (C=O) groups excluding carboxylic acids is 2. The molecule has 1 atom stereocenters. The number of alkyl halides is 1. The van der Waals surface area contributed by atoms with Crippen molar-refractivity contribution in [1.29, 1.82) is 0 Å². The van der Waals surface area contributed by atoms with Crippen LogP contribution < -0.4 is 0 Å². The smallest absolute Gasteiger partial charge is 0.226 e. The monoisotopic (exact) mass is 258 g/mol. The zero-order valence-electron chi connectivity index (χ0n) is 10.2. The van der Waals surface area contributed by atoms with E-state index in [9.17, 15) is 9.59 Å². The summed E-state index contributed by atoms with van der Waals surface area (Å²) in [5.41, 5.74) is 0. The largest absolute Gasteiger partial charge is 0.339 e. The summed E-state index contributed by atoms with van der Waals surface area (Å²) in [6.07, 6.45) is 2.09. The van der Waals surface area contributed by atoms with Gasteiger partial charge in [0.15, 0.2) is 0 Å². The van der Waals surface area contributed by atoms with E-state index in [4.69, 9.17) is 11.6 Å². The Bertz CT molecular complexity index is 310. The van der Waals surface area contributed by atoms with Gasteiger partial charge in [-0.3, -0.25) is 9.59 Å². The molecular formula is C12H19ClN2O2. The molecule has 0 bridgehead atoms. The Morgan fingerprint density at radius 2 is 1.71 bits per heavy atom. The third-order valence-electron chi connectivity index (χ3n) is 3.48. The van der Waals surface area contributed by atoms with Crippen molar-refractivity contribution in [2.24, 2.45) is 11.8 Å². The van der Waals surface area contributed by atoms with Gasteiger partial charge in [-0.1, -0.05) is 6.92 Å². The zero-order chi connectivity index (χ0) is 12.4. The maximum Gasteiger partial charge on any atom is 0.226 e. The third-order valence-corrected chi connectivity index (χ3v) is 3.95. The highest BCUT2D eigenvalue weighted by molar-refractivity contribution is 6.19. The van der Waals surface area contributed by atoms with E-state index in [0.717, 1.165) is 12.8 Å². The number of rotatable bonds is 3. The summed E-state index contributed by atoms with van der Waals surface area (Å²) in [6, 6.07) is 0. The number of hydrogen-bond acceptors (Lipinski definition) is 2. The lowest BCUT2D eigenvalue weighted by molar-refractivity contribution is -0.141. The van der Waals surface area contributed by atoms with E-state index in [0.29, 0.717) is 32.1 Å². The molecule has 2 fully saturated rings. The molecule has 1 aliphatic carbocycles. The van der Waals surface area contributed by atoms with Crippen LogP contribution in [0.3, 0.4) is 0 Å². The van der Waals surface area contributed by atoms with E-state index in [1.165, 1.54) is 0 Å². The summed E-state index contributed by atoms with van der Waals surface area (Å²) in [6.45, 7) is 4.50. The fourth-order valence-corrected chi connectivity index (χ4v) is 2.25. The minimum Gasteiger partial charge on any atom is -0.339 e. The van der Waals surface area contributed by atoms with Crippen molar-refractivity contribution in [2.75, 3.05) is 32.1 Å². The first kappa shape index (κ1) is 12.7. The fourth-order valence-electron chi connectivity index (χ4n) is 2.11. The second-order valence-electron chi connectivity index (χ2n) is 4.98. The number of amides is 2. The standard InChI is InChI=1S/C12H19ClN2O2/c1-9(8-13)11(16)14-4-6-15(7-5-14)12(17)10-2-3-10/h9-10H,2-8H2,1H3. The predicted molar refractivity (Wildman–Crippen MR) is 65.8 cm³/mol. The molecule has 0 aromatic heterocycles. The van der Waals surface area contributed by atoms with Gasteiger partial charge in [0.05, 0.1) is 0 Å². The number of piperazine rings is 1. The Labute approximate surface area is 107 Å². The van der Waals surface area contributed by atoms with Gasteiger partial charge >= 0.3 is 0 Å². The molecule has 2 rings (SSSR count). The molecule has 1 unspecified atom stereocenters. The highest BCUT2D eigenvalue weighted by Gasteiger charge is 2.35. The Morgan fingerprint density at radius 3 is 2.18 bits per heavy atom. The van der Waals surface area contributed by atoms with Crippen LogP contribution in [0.5, 0.6) is 0 Å². The maximum atomic E-state index is 11.9. The van der Waals surface area contributed by atoms with Crippen LogP contribution in [0, 0.1) is 11.8 Å². The lowest BCUT2D eigenvalue weighted by Crippen LogP contribution is -2.52. The molecule has 2 aliphatic rings. The molecule has 17 heavy (non-hydrogen) atoms. The molecule has 1 aliphatic heterocycles. The summed E-state index contributed by atoms with van der Waals surface area (Å²) in [5, 5.41) is 0. The maximum absolute atomic E-state index is 11.9. The molecule has 1 saturated heterocycles. The highest BCUT2D eigenvalue weighted by Crippen LogP contribution is 2.31. The topological polar surface area (TPSA) is 40.6 Å². The van der Waals surface area contributed by atoms with Crippen LogP contribution in [0.15, 0.2) is 0 Å². The average molecular weight is 259 g/mol. The molecule has 0 radical (unpaired) electrons. The van der Waals surface area contributed by atoms with Crippen molar-refractivity contribution in [3.63, 3.8) is 0 Å². The third kappa shape index (κ3) is 2.92. The second kappa shape index (κ2) is 5.25. The minimum atomic E-state index is -0.123. The van der Waals surface area contributed by atoms with Crippen LogP contribution in [-0.2, 0) is 9.59 Å². The predicted octanol–water partition coefficient (Wildman–Crippen LogP) is 0.942. The highest BCUT2D eigenvalue weighted by atomic mass is 35.5. The van der Waals surface area contributed by atoms with Gasteiger partial charge in [-0.25, -0.2) is 0 Å². The molecule has 96 valence electrons. The lowest BCUT2D eigenvalue weighted by atomic mass is 10.1. The number of nitrogens with zero attached hydrogens (tertiary/aromatic N) is 2. The van der Waals surface area contributed by atoms with Gasteiger partial charge in [-0.05, 0) is 12.8 Å². The van der Waals surface area contributed by atoms with Gasteiger partial charge in [-0.2, -0.15) is 0 Å². The van der Waals surface area contributed by atoms with E-state index in [1.54, 1.807) is 0 Å². The molecule has 2 amide bonds. The molecule has 0 aromatic rings. The Kier molecular flexibility index (Phi) is 3.92. The molecule has 5 heteroatoms. The SMILES string of the molecule is CC(CCl)C(=O)N1CCN(C(=O)C2CC2)CC1. The summed E-state index contributed by atoms with van der Waals surface area (Å²) < 4.78 is 0. The Morgan fingerprint density at radius 1 is 1.18 bits per heavy atom. The zero-order valence-corrected chi connectivity index (χ0v) is 10.9. The number of halogens is 1. The van der Waals surface area contributed by atoms with Crippen LogP contribution in [0.25, 0.3) is 0 Å². The van der Waals surface area contributed by atoms with Gasteiger partial charge in [-0.15, -0.1) is 11.6 Å². The molecular weight excluding hydrogens is 240 g/mol. The molecule has 0 aromatic carbocycles. The number of carbonyl (C=O) groups is 2. The minimum absolute atomic E-state index is 0.110. The van der Waals surface area contributed by atoms with Gasteiger partial charge in [0.1, 0.15) is 0 Å². The first-order valence-corrected chi connectivity index (χ1v) is 6.80.